The van der Waals surface area contributed by atoms with E-state index in [-0.39, 0.29) is 12.4 Å². The summed E-state index contributed by atoms with van der Waals surface area (Å²) in [6.45, 7) is 0.608. The normalized spacial score (nSPS) is 11.0. The van der Waals surface area contributed by atoms with Gasteiger partial charge in [-0.1, -0.05) is 29.8 Å². The molecule has 3 aromatic rings. The number of para-hydroxylation sites is 1. The lowest BCUT2D eigenvalue weighted by molar-refractivity contribution is 0.307. The number of ether oxygens (including phenoxy) is 1. The molecule has 0 aliphatic rings. The topological polar surface area (TPSA) is 35.2 Å². The quantitative estimate of drug-likeness (QED) is 0.754. The molecule has 0 amide bonds. The SMILES string of the molecule is NCc1sc2cccc(F)c2c1COc1ccccc1Cl. The van der Waals surface area contributed by atoms with Gasteiger partial charge in [-0.25, -0.2) is 4.39 Å². The van der Waals surface area contributed by atoms with Gasteiger partial charge in [0, 0.05) is 27.1 Å². The van der Waals surface area contributed by atoms with Gasteiger partial charge in [-0.15, -0.1) is 11.3 Å². The second kappa shape index (κ2) is 6.02. The molecule has 0 atom stereocenters. The molecule has 0 radical (unpaired) electrons. The van der Waals surface area contributed by atoms with Gasteiger partial charge in [0.1, 0.15) is 18.2 Å². The van der Waals surface area contributed by atoms with E-state index in [2.05, 4.69) is 0 Å². The molecular formula is C16H13ClFNOS. The molecule has 2 nitrogen and oxygen atoms in total. The van der Waals surface area contributed by atoms with Crippen LogP contribution in [0.4, 0.5) is 4.39 Å². The van der Waals surface area contributed by atoms with E-state index in [1.165, 1.54) is 17.4 Å². The van der Waals surface area contributed by atoms with Crippen LogP contribution in [0.5, 0.6) is 5.75 Å². The van der Waals surface area contributed by atoms with Crippen molar-refractivity contribution in [3.05, 3.63) is 63.7 Å². The first-order valence-electron chi connectivity index (χ1n) is 6.47. The predicted molar refractivity (Wildman–Crippen MR) is 85.5 cm³/mol. The number of rotatable bonds is 4. The maximum atomic E-state index is 14.1. The molecular weight excluding hydrogens is 309 g/mol. The zero-order valence-electron chi connectivity index (χ0n) is 11.1. The Bertz CT molecular complexity index is 787. The maximum absolute atomic E-state index is 14.1. The van der Waals surface area contributed by atoms with Crippen LogP contribution in [0.15, 0.2) is 42.5 Å². The highest BCUT2D eigenvalue weighted by atomic mass is 35.5. The van der Waals surface area contributed by atoms with Gasteiger partial charge in [-0.3, -0.25) is 0 Å². The summed E-state index contributed by atoms with van der Waals surface area (Å²) in [7, 11) is 0. The largest absolute Gasteiger partial charge is 0.487 e. The average molecular weight is 322 g/mol. The molecule has 2 aromatic carbocycles. The molecule has 1 aromatic heterocycles. The Morgan fingerprint density at radius 3 is 2.71 bits per heavy atom. The van der Waals surface area contributed by atoms with Crippen LogP contribution in [0.2, 0.25) is 5.02 Å². The van der Waals surface area contributed by atoms with Gasteiger partial charge in [-0.2, -0.15) is 0 Å². The van der Waals surface area contributed by atoms with Gasteiger partial charge >= 0.3 is 0 Å². The minimum absolute atomic E-state index is 0.247. The predicted octanol–water partition coefficient (Wildman–Crippen LogP) is 4.73. The zero-order chi connectivity index (χ0) is 14.8. The van der Waals surface area contributed by atoms with Gasteiger partial charge in [0.2, 0.25) is 0 Å². The summed E-state index contributed by atoms with van der Waals surface area (Å²) in [4.78, 5) is 0.933. The van der Waals surface area contributed by atoms with Crippen LogP contribution >= 0.6 is 22.9 Å². The molecule has 3 rings (SSSR count). The minimum Gasteiger partial charge on any atom is -0.487 e. The summed E-state index contributed by atoms with van der Waals surface area (Å²) in [5.41, 5.74) is 6.57. The summed E-state index contributed by atoms with van der Waals surface area (Å²) in [6.07, 6.45) is 0. The Labute approximate surface area is 130 Å². The Hall–Kier alpha value is -1.62. The molecule has 0 aliphatic heterocycles. The van der Waals surface area contributed by atoms with E-state index >= 15 is 0 Å². The van der Waals surface area contributed by atoms with Crippen molar-refractivity contribution >= 4 is 33.0 Å². The summed E-state index contributed by atoms with van der Waals surface area (Å²) in [5, 5.41) is 1.13. The number of thiophene rings is 1. The molecule has 0 bridgehead atoms. The molecule has 0 saturated heterocycles. The third-order valence-electron chi connectivity index (χ3n) is 3.24. The van der Waals surface area contributed by atoms with E-state index < -0.39 is 0 Å². The number of hydrogen-bond donors (Lipinski definition) is 1. The zero-order valence-corrected chi connectivity index (χ0v) is 12.7. The van der Waals surface area contributed by atoms with E-state index in [0.29, 0.717) is 22.7 Å². The van der Waals surface area contributed by atoms with Crippen LogP contribution in [0, 0.1) is 5.82 Å². The van der Waals surface area contributed by atoms with Crippen LogP contribution in [-0.4, -0.2) is 0 Å². The fraction of sp³-hybridized carbons (Fsp3) is 0.125. The third kappa shape index (κ3) is 2.75. The van der Waals surface area contributed by atoms with Crippen molar-refractivity contribution in [2.45, 2.75) is 13.2 Å². The van der Waals surface area contributed by atoms with Crippen LogP contribution in [0.1, 0.15) is 10.4 Å². The number of benzene rings is 2. The highest BCUT2D eigenvalue weighted by Crippen LogP contribution is 2.34. The van der Waals surface area contributed by atoms with Gasteiger partial charge < -0.3 is 10.5 Å². The lowest BCUT2D eigenvalue weighted by Gasteiger charge is -2.09. The smallest absolute Gasteiger partial charge is 0.138 e. The van der Waals surface area contributed by atoms with E-state index in [9.17, 15) is 4.39 Å². The second-order valence-electron chi connectivity index (χ2n) is 4.54. The van der Waals surface area contributed by atoms with Crippen molar-refractivity contribution in [3.8, 4) is 5.75 Å². The molecule has 5 heteroatoms. The van der Waals surface area contributed by atoms with Crippen LogP contribution in [0.25, 0.3) is 10.1 Å². The van der Waals surface area contributed by atoms with Crippen molar-refractivity contribution in [2.75, 3.05) is 0 Å². The third-order valence-corrected chi connectivity index (χ3v) is 4.77. The molecule has 0 aliphatic carbocycles. The molecule has 0 fully saturated rings. The van der Waals surface area contributed by atoms with E-state index in [4.69, 9.17) is 22.1 Å². The maximum Gasteiger partial charge on any atom is 0.138 e. The van der Waals surface area contributed by atoms with Crippen molar-refractivity contribution in [3.63, 3.8) is 0 Å². The van der Waals surface area contributed by atoms with Gasteiger partial charge in [0.05, 0.1) is 5.02 Å². The Morgan fingerprint density at radius 2 is 1.95 bits per heavy atom. The summed E-state index contributed by atoms with van der Waals surface area (Å²) in [6, 6.07) is 12.3. The Morgan fingerprint density at radius 1 is 1.14 bits per heavy atom. The van der Waals surface area contributed by atoms with Crippen molar-refractivity contribution in [2.24, 2.45) is 5.73 Å². The molecule has 21 heavy (non-hydrogen) atoms. The van der Waals surface area contributed by atoms with Crippen LogP contribution in [0.3, 0.4) is 0 Å². The fourth-order valence-corrected chi connectivity index (χ4v) is 3.54. The number of halogens is 2. The summed E-state index contributed by atoms with van der Waals surface area (Å²) >= 11 is 7.57. The van der Waals surface area contributed by atoms with Gasteiger partial charge in [0.25, 0.3) is 0 Å². The first kappa shape index (κ1) is 14.3. The highest BCUT2D eigenvalue weighted by Gasteiger charge is 2.15. The van der Waals surface area contributed by atoms with Crippen molar-refractivity contribution < 1.29 is 9.13 Å². The van der Waals surface area contributed by atoms with E-state index in [0.717, 1.165) is 15.1 Å². The Kier molecular flexibility index (Phi) is 4.10. The standard InChI is InChI=1S/C16H13ClFNOS/c17-11-4-1-2-6-13(11)20-9-10-15(8-19)21-14-7-3-5-12(18)16(10)14/h1-7H,8-9,19H2. The average Bonchev–Trinajstić information content (AvgIpc) is 2.85. The summed E-state index contributed by atoms with van der Waals surface area (Å²) in [5.74, 6) is 0.332. The number of fused-ring (bicyclic) bond motifs is 1. The number of nitrogens with two attached hydrogens (primary N) is 1. The highest BCUT2D eigenvalue weighted by molar-refractivity contribution is 7.19. The van der Waals surface area contributed by atoms with Crippen molar-refractivity contribution in [1.82, 2.24) is 0 Å². The molecule has 0 unspecified atom stereocenters. The molecule has 0 spiro atoms. The molecule has 108 valence electrons. The minimum atomic E-state index is -0.249. The van der Waals surface area contributed by atoms with E-state index in [1.54, 1.807) is 18.2 Å². The second-order valence-corrected chi connectivity index (χ2v) is 6.08. The fourth-order valence-electron chi connectivity index (χ4n) is 2.25. The molecule has 0 saturated carbocycles. The molecule has 2 N–H and O–H groups in total. The van der Waals surface area contributed by atoms with Crippen LogP contribution in [-0.2, 0) is 13.2 Å². The lowest BCUT2D eigenvalue weighted by Crippen LogP contribution is -2.02. The lowest BCUT2D eigenvalue weighted by atomic mass is 10.1. The summed E-state index contributed by atoms with van der Waals surface area (Å²) < 4.78 is 20.7. The van der Waals surface area contributed by atoms with Gasteiger partial charge in [0.15, 0.2) is 0 Å². The molecule has 1 heterocycles. The first-order chi connectivity index (χ1) is 10.2. The first-order valence-corrected chi connectivity index (χ1v) is 7.66. The Balaban J connectivity index is 1.98. The monoisotopic (exact) mass is 321 g/mol. The number of hydrogen-bond acceptors (Lipinski definition) is 3. The van der Waals surface area contributed by atoms with Gasteiger partial charge in [-0.05, 0) is 24.3 Å². The van der Waals surface area contributed by atoms with Crippen LogP contribution < -0.4 is 10.5 Å². The van der Waals surface area contributed by atoms with E-state index in [1.807, 2.05) is 18.2 Å². The van der Waals surface area contributed by atoms with Crippen molar-refractivity contribution in [1.29, 1.82) is 0 Å².